The average molecular weight is 301 g/mol. The van der Waals surface area contributed by atoms with E-state index in [-0.39, 0.29) is 24.3 Å². The Kier molecular flexibility index (Phi) is 3.64. The standard InChI is InChI=1S/C17H19NO4/c1-9(2)13-11-5-6-12(13)15(17(20)21)14(11)16(19)18-8-10-4-3-7-22-10/h3-7,11-12,14-15H,8H2,1-2H3,(H,18,19)(H,20,21)/t11-,12-,14+,15-/m1/s1. The minimum absolute atomic E-state index is 0.104. The van der Waals surface area contributed by atoms with Gasteiger partial charge in [0.1, 0.15) is 5.76 Å². The van der Waals surface area contributed by atoms with Crippen LogP contribution >= 0.6 is 0 Å². The Hall–Kier alpha value is -2.30. The van der Waals surface area contributed by atoms with Crippen molar-refractivity contribution in [1.29, 1.82) is 0 Å². The van der Waals surface area contributed by atoms with E-state index in [0.29, 0.717) is 5.76 Å². The number of carbonyl (C=O) groups excluding carboxylic acids is 1. The molecule has 1 aromatic rings. The second-order valence-corrected chi connectivity index (χ2v) is 6.08. The molecule has 1 fully saturated rings. The number of rotatable bonds is 4. The third-order valence-corrected chi connectivity index (χ3v) is 4.59. The van der Waals surface area contributed by atoms with Gasteiger partial charge in [0.15, 0.2) is 0 Å². The van der Waals surface area contributed by atoms with E-state index in [4.69, 9.17) is 4.42 Å². The Balaban J connectivity index is 1.82. The van der Waals surface area contributed by atoms with Gasteiger partial charge in [0.2, 0.25) is 5.91 Å². The molecule has 2 N–H and O–H groups in total. The number of fused-ring (bicyclic) bond motifs is 2. The van der Waals surface area contributed by atoms with Gasteiger partial charge in [-0.05, 0) is 26.0 Å². The van der Waals surface area contributed by atoms with Crippen LogP contribution in [0.15, 0.2) is 46.1 Å². The number of carbonyl (C=O) groups is 2. The number of hydrogen-bond donors (Lipinski definition) is 2. The summed E-state index contributed by atoms with van der Waals surface area (Å²) in [7, 11) is 0. The topological polar surface area (TPSA) is 79.5 Å². The van der Waals surface area contributed by atoms with Crippen LogP contribution in [-0.2, 0) is 16.1 Å². The van der Waals surface area contributed by atoms with Crippen LogP contribution in [0.3, 0.4) is 0 Å². The Bertz CT molecular complexity index is 652. The van der Waals surface area contributed by atoms with E-state index in [1.165, 1.54) is 0 Å². The van der Waals surface area contributed by atoms with Crippen LogP contribution in [0.5, 0.6) is 0 Å². The van der Waals surface area contributed by atoms with Crippen LogP contribution in [0.1, 0.15) is 19.6 Å². The summed E-state index contributed by atoms with van der Waals surface area (Å²) in [6, 6.07) is 3.53. The van der Waals surface area contributed by atoms with Gasteiger partial charge in [-0.15, -0.1) is 0 Å². The number of furan rings is 1. The van der Waals surface area contributed by atoms with Gasteiger partial charge in [-0.25, -0.2) is 0 Å². The number of allylic oxidation sites excluding steroid dienone is 4. The minimum Gasteiger partial charge on any atom is -0.481 e. The van der Waals surface area contributed by atoms with Gasteiger partial charge in [-0.2, -0.15) is 0 Å². The number of hydrogen-bond acceptors (Lipinski definition) is 3. The Labute approximate surface area is 128 Å². The summed E-state index contributed by atoms with van der Waals surface area (Å²) in [5.74, 6) is -1.97. The summed E-state index contributed by atoms with van der Waals surface area (Å²) in [4.78, 5) is 24.2. The zero-order valence-corrected chi connectivity index (χ0v) is 12.6. The van der Waals surface area contributed by atoms with Crippen molar-refractivity contribution in [3.05, 3.63) is 47.5 Å². The first-order valence-electron chi connectivity index (χ1n) is 7.39. The summed E-state index contributed by atoms with van der Waals surface area (Å²) < 4.78 is 5.19. The van der Waals surface area contributed by atoms with Gasteiger partial charge in [-0.1, -0.05) is 23.3 Å². The van der Waals surface area contributed by atoms with Crippen LogP contribution in [0.4, 0.5) is 0 Å². The monoisotopic (exact) mass is 301 g/mol. The van der Waals surface area contributed by atoms with Crippen molar-refractivity contribution < 1.29 is 19.1 Å². The zero-order valence-electron chi connectivity index (χ0n) is 12.6. The molecule has 1 saturated carbocycles. The van der Waals surface area contributed by atoms with Crippen LogP contribution in [-0.4, -0.2) is 17.0 Å². The fourth-order valence-electron chi connectivity index (χ4n) is 3.75. The van der Waals surface area contributed by atoms with E-state index in [1.54, 1.807) is 18.4 Å². The molecule has 4 atom stereocenters. The fraction of sp³-hybridized carbons (Fsp3) is 0.412. The SMILES string of the molecule is CC(C)=C1[C@H]2C=C[C@H]1[C@@H](C(=O)O)[C@H]2C(=O)NCc1ccco1. The first-order chi connectivity index (χ1) is 10.5. The van der Waals surface area contributed by atoms with Crippen molar-refractivity contribution in [2.45, 2.75) is 20.4 Å². The van der Waals surface area contributed by atoms with Gasteiger partial charge < -0.3 is 14.8 Å². The van der Waals surface area contributed by atoms with Gasteiger partial charge in [0.25, 0.3) is 0 Å². The van der Waals surface area contributed by atoms with Gasteiger partial charge in [-0.3, -0.25) is 9.59 Å². The molecule has 2 aliphatic carbocycles. The van der Waals surface area contributed by atoms with Crippen molar-refractivity contribution in [2.75, 3.05) is 0 Å². The molecule has 0 spiro atoms. The summed E-state index contributed by atoms with van der Waals surface area (Å²) in [5.41, 5.74) is 2.19. The lowest BCUT2D eigenvalue weighted by molar-refractivity contribution is -0.147. The molecule has 0 aromatic carbocycles. The quantitative estimate of drug-likeness (QED) is 0.837. The van der Waals surface area contributed by atoms with E-state index in [1.807, 2.05) is 26.0 Å². The lowest BCUT2D eigenvalue weighted by Gasteiger charge is -2.23. The molecule has 5 heteroatoms. The van der Waals surface area contributed by atoms with Gasteiger partial charge in [0, 0.05) is 11.8 Å². The Morgan fingerprint density at radius 1 is 1.23 bits per heavy atom. The molecular formula is C17H19NO4. The summed E-state index contributed by atoms with van der Waals surface area (Å²) in [6.07, 6.45) is 5.45. The maximum absolute atomic E-state index is 12.5. The number of amides is 1. The normalized spacial score (nSPS) is 28.9. The van der Waals surface area contributed by atoms with Crippen molar-refractivity contribution in [3.8, 4) is 0 Å². The summed E-state index contributed by atoms with van der Waals surface area (Å²) >= 11 is 0. The van der Waals surface area contributed by atoms with Crippen molar-refractivity contribution in [2.24, 2.45) is 23.7 Å². The van der Waals surface area contributed by atoms with Gasteiger partial charge in [0.05, 0.1) is 24.6 Å². The molecule has 116 valence electrons. The molecule has 22 heavy (non-hydrogen) atoms. The molecule has 0 radical (unpaired) electrons. The molecule has 3 rings (SSSR count). The molecule has 0 saturated heterocycles. The van der Waals surface area contributed by atoms with Gasteiger partial charge >= 0.3 is 5.97 Å². The highest BCUT2D eigenvalue weighted by Crippen LogP contribution is 2.53. The Morgan fingerprint density at radius 3 is 2.45 bits per heavy atom. The lowest BCUT2D eigenvalue weighted by atomic mass is 9.82. The number of nitrogens with one attached hydrogen (secondary N) is 1. The first kappa shape index (κ1) is 14.6. The number of carboxylic acids is 1. The zero-order chi connectivity index (χ0) is 15.9. The molecule has 1 heterocycles. The highest BCUT2D eigenvalue weighted by atomic mass is 16.4. The number of carboxylic acid groups (broad SMARTS) is 1. The second kappa shape index (κ2) is 5.48. The molecular weight excluding hydrogens is 282 g/mol. The van der Waals surface area contributed by atoms with Crippen LogP contribution < -0.4 is 5.32 Å². The molecule has 1 amide bonds. The van der Waals surface area contributed by atoms with E-state index in [0.717, 1.165) is 11.1 Å². The van der Waals surface area contributed by atoms with Crippen molar-refractivity contribution in [1.82, 2.24) is 5.32 Å². The van der Waals surface area contributed by atoms with Crippen molar-refractivity contribution in [3.63, 3.8) is 0 Å². The maximum atomic E-state index is 12.5. The molecule has 0 unspecified atom stereocenters. The van der Waals surface area contributed by atoms with Crippen molar-refractivity contribution >= 4 is 11.9 Å². The minimum atomic E-state index is -0.909. The average Bonchev–Trinajstić information content (AvgIpc) is 3.17. The van der Waals surface area contributed by atoms with Crippen LogP contribution in [0, 0.1) is 23.7 Å². The first-order valence-corrected chi connectivity index (χ1v) is 7.39. The second-order valence-electron chi connectivity index (χ2n) is 6.08. The highest BCUT2D eigenvalue weighted by molar-refractivity contribution is 5.88. The third-order valence-electron chi connectivity index (χ3n) is 4.59. The Morgan fingerprint density at radius 2 is 1.91 bits per heavy atom. The van der Waals surface area contributed by atoms with E-state index < -0.39 is 17.8 Å². The molecule has 2 bridgehead atoms. The van der Waals surface area contributed by atoms with Crippen LogP contribution in [0.2, 0.25) is 0 Å². The van der Waals surface area contributed by atoms with E-state index in [2.05, 4.69) is 5.32 Å². The van der Waals surface area contributed by atoms with E-state index >= 15 is 0 Å². The molecule has 1 aromatic heterocycles. The molecule has 2 aliphatic rings. The fourth-order valence-corrected chi connectivity index (χ4v) is 3.75. The predicted octanol–water partition coefficient (Wildman–Crippen LogP) is 2.37. The maximum Gasteiger partial charge on any atom is 0.308 e. The smallest absolute Gasteiger partial charge is 0.308 e. The summed E-state index contributed by atoms with van der Waals surface area (Å²) in [5, 5.41) is 12.4. The largest absolute Gasteiger partial charge is 0.481 e. The van der Waals surface area contributed by atoms with E-state index in [9.17, 15) is 14.7 Å². The van der Waals surface area contributed by atoms with Crippen LogP contribution in [0.25, 0.3) is 0 Å². The predicted molar refractivity (Wildman–Crippen MR) is 79.7 cm³/mol. The highest BCUT2D eigenvalue weighted by Gasteiger charge is 2.54. The summed E-state index contributed by atoms with van der Waals surface area (Å²) in [6.45, 7) is 4.23. The third kappa shape index (κ3) is 2.26. The lowest BCUT2D eigenvalue weighted by Crippen LogP contribution is -2.39. The molecule has 0 aliphatic heterocycles. The molecule has 5 nitrogen and oxygen atoms in total. The number of aliphatic carboxylic acids is 1.